The van der Waals surface area contributed by atoms with Gasteiger partial charge in [0.15, 0.2) is 6.10 Å². The summed E-state index contributed by atoms with van der Waals surface area (Å²) in [7, 11) is 0. The number of ether oxygens (including phenoxy) is 2. The first-order chi connectivity index (χ1) is 22.9. The third kappa shape index (κ3) is 16.5. The van der Waals surface area contributed by atoms with Crippen molar-refractivity contribution in [2.24, 2.45) is 0 Å². The van der Waals surface area contributed by atoms with Crippen LogP contribution in [0.3, 0.4) is 0 Å². The lowest BCUT2D eigenvalue weighted by atomic mass is 10.0. The number of benzene rings is 2. The van der Waals surface area contributed by atoms with E-state index in [0.29, 0.717) is 17.9 Å². The van der Waals surface area contributed by atoms with E-state index in [1.54, 1.807) is 45.0 Å². The number of amides is 4. The highest BCUT2D eigenvalue weighted by atomic mass is 17.1. The minimum Gasteiger partial charge on any atom is -0.485 e. The summed E-state index contributed by atoms with van der Waals surface area (Å²) >= 11 is 0. The van der Waals surface area contributed by atoms with Gasteiger partial charge in [0.05, 0.1) is 0 Å². The van der Waals surface area contributed by atoms with Gasteiger partial charge in [-0.05, 0) is 50.5 Å². The summed E-state index contributed by atoms with van der Waals surface area (Å²) < 4.78 is 10.8. The Hall–Kier alpha value is -4.24. The lowest BCUT2D eigenvalue weighted by Crippen LogP contribution is -2.55. The van der Waals surface area contributed by atoms with Crippen molar-refractivity contribution in [1.29, 1.82) is 0 Å². The van der Waals surface area contributed by atoms with Gasteiger partial charge in [-0.25, -0.2) is 14.6 Å². The highest BCUT2D eigenvalue weighted by Crippen LogP contribution is 2.16. The molecule has 2 atom stereocenters. The maximum absolute atomic E-state index is 13.7. The summed E-state index contributed by atoms with van der Waals surface area (Å²) in [4.78, 5) is 60.1. The topological polar surface area (TPSA) is 194 Å². The summed E-state index contributed by atoms with van der Waals surface area (Å²) in [5, 5.41) is 28.5. The Bertz CT molecular complexity index is 1250. The Morgan fingerprint density at radius 2 is 1.35 bits per heavy atom. The van der Waals surface area contributed by atoms with Crippen molar-refractivity contribution >= 4 is 23.8 Å². The monoisotopic (exact) mass is 674 g/mol. The number of rotatable bonds is 21. The Kier molecular flexibility index (Phi) is 18.0. The minimum absolute atomic E-state index is 0.00369. The first kappa shape index (κ1) is 39.9. The SMILES string of the molecule is CCCCCNC(=O)C(Cc1ccc(OC(COO)COO)cc1)NC(=O)C(Cc1ccccc1)NC(=O)CCNC(=O)OC(C)(C)C. The molecular formula is C34H50N4O10. The highest BCUT2D eigenvalue weighted by Gasteiger charge is 2.27. The van der Waals surface area contributed by atoms with Gasteiger partial charge in [-0.15, -0.1) is 0 Å². The van der Waals surface area contributed by atoms with Crippen LogP contribution < -0.4 is 26.0 Å². The molecule has 266 valence electrons. The van der Waals surface area contributed by atoms with Gasteiger partial charge >= 0.3 is 6.09 Å². The van der Waals surface area contributed by atoms with E-state index in [0.717, 1.165) is 24.8 Å². The smallest absolute Gasteiger partial charge is 0.407 e. The summed E-state index contributed by atoms with van der Waals surface area (Å²) in [6.07, 6.45) is 1.49. The van der Waals surface area contributed by atoms with Gasteiger partial charge in [0.1, 0.15) is 36.6 Å². The molecule has 14 nitrogen and oxygen atoms in total. The molecule has 0 saturated heterocycles. The maximum Gasteiger partial charge on any atom is 0.407 e. The van der Waals surface area contributed by atoms with Crippen molar-refractivity contribution in [2.45, 2.75) is 90.0 Å². The average molecular weight is 675 g/mol. The molecule has 2 aromatic carbocycles. The molecule has 14 heteroatoms. The van der Waals surface area contributed by atoms with Gasteiger partial charge in [-0.1, -0.05) is 62.2 Å². The Labute approximate surface area is 281 Å². The van der Waals surface area contributed by atoms with E-state index in [4.69, 9.17) is 20.0 Å². The van der Waals surface area contributed by atoms with Crippen LogP contribution >= 0.6 is 0 Å². The molecule has 4 amide bonds. The number of alkyl carbamates (subject to hydrolysis) is 1. The predicted octanol–water partition coefficient (Wildman–Crippen LogP) is 3.39. The van der Waals surface area contributed by atoms with Crippen molar-refractivity contribution in [3.8, 4) is 5.75 Å². The van der Waals surface area contributed by atoms with Gasteiger partial charge < -0.3 is 30.7 Å². The zero-order valence-corrected chi connectivity index (χ0v) is 28.2. The number of nitrogens with one attached hydrogen (secondary N) is 4. The van der Waals surface area contributed by atoms with Crippen molar-refractivity contribution in [2.75, 3.05) is 26.3 Å². The van der Waals surface area contributed by atoms with Crippen LogP contribution in [-0.4, -0.2) is 84.4 Å². The molecule has 0 radical (unpaired) electrons. The zero-order valence-electron chi connectivity index (χ0n) is 28.2. The van der Waals surface area contributed by atoms with Crippen LogP contribution in [0.4, 0.5) is 4.79 Å². The van der Waals surface area contributed by atoms with Gasteiger partial charge in [0.2, 0.25) is 17.7 Å². The second-order valence-corrected chi connectivity index (χ2v) is 12.2. The maximum atomic E-state index is 13.7. The number of carbonyl (C=O) groups excluding carboxylic acids is 4. The van der Waals surface area contributed by atoms with Gasteiger partial charge in [0, 0.05) is 32.4 Å². The zero-order chi connectivity index (χ0) is 35.4. The molecule has 2 unspecified atom stereocenters. The first-order valence-electron chi connectivity index (χ1n) is 16.1. The summed E-state index contributed by atoms with van der Waals surface area (Å²) in [5.41, 5.74) is 0.827. The highest BCUT2D eigenvalue weighted by molar-refractivity contribution is 5.92. The molecule has 0 heterocycles. The predicted molar refractivity (Wildman–Crippen MR) is 177 cm³/mol. The second kappa shape index (κ2) is 21.6. The third-order valence-corrected chi connectivity index (χ3v) is 6.85. The van der Waals surface area contributed by atoms with E-state index >= 15 is 0 Å². The Morgan fingerprint density at radius 3 is 1.94 bits per heavy atom. The van der Waals surface area contributed by atoms with Crippen LogP contribution in [0.1, 0.15) is 64.5 Å². The van der Waals surface area contributed by atoms with Crippen molar-refractivity contribution < 1.29 is 48.9 Å². The molecule has 0 aromatic heterocycles. The molecule has 0 aliphatic rings. The Morgan fingerprint density at radius 1 is 0.750 bits per heavy atom. The van der Waals surface area contributed by atoms with E-state index in [2.05, 4.69) is 38.0 Å². The van der Waals surface area contributed by atoms with Crippen LogP contribution in [0, 0.1) is 0 Å². The van der Waals surface area contributed by atoms with Gasteiger partial charge in [0.25, 0.3) is 0 Å². The number of hydrogen-bond donors (Lipinski definition) is 6. The quantitative estimate of drug-likeness (QED) is 0.0650. The fourth-order valence-electron chi connectivity index (χ4n) is 4.52. The van der Waals surface area contributed by atoms with Crippen molar-refractivity contribution in [3.63, 3.8) is 0 Å². The molecule has 0 aliphatic heterocycles. The minimum atomic E-state index is -1.01. The van der Waals surface area contributed by atoms with E-state index in [1.807, 2.05) is 30.3 Å². The first-order valence-corrected chi connectivity index (χ1v) is 16.1. The largest absolute Gasteiger partial charge is 0.485 e. The van der Waals surface area contributed by atoms with E-state index in [-0.39, 0.29) is 44.9 Å². The number of carbonyl (C=O) groups is 4. The standard InChI is InChI=1S/C34H50N4O10/c1-5-6-10-18-35-31(40)28(21-25-13-15-26(16-14-25)47-27(22-45-43)23-46-44)38-32(41)29(20-24-11-8-7-9-12-24)37-30(39)17-19-36-33(42)48-34(2,3)4/h7-9,11-16,27-29,43-44H,5-6,10,17-23H2,1-4H3,(H,35,40)(H,36,42)(H,37,39)(H,38,41). The molecule has 0 fully saturated rings. The molecule has 0 spiro atoms. The lowest BCUT2D eigenvalue weighted by molar-refractivity contribution is -0.286. The van der Waals surface area contributed by atoms with Crippen LogP contribution in [0.15, 0.2) is 54.6 Å². The molecule has 0 bridgehead atoms. The molecule has 6 N–H and O–H groups in total. The van der Waals surface area contributed by atoms with Gasteiger partial charge in [-0.2, -0.15) is 0 Å². The summed E-state index contributed by atoms with van der Waals surface area (Å²) in [5.74, 6) is -0.979. The summed E-state index contributed by atoms with van der Waals surface area (Å²) in [6, 6.07) is 13.9. The van der Waals surface area contributed by atoms with Crippen LogP contribution in [-0.2, 0) is 41.7 Å². The fourth-order valence-corrected chi connectivity index (χ4v) is 4.52. The molecule has 0 saturated carbocycles. The molecule has 2 rings (SSSR count). The lowest BCUT2D eigenvalue weighted by Gasteiger charge is -2.24. The molecule has 0 aliphatic carbocycles. The number of unbranched alkanes of at least 4 members (excludes halogenated alkanes) is 2. The molecule has 2 aromatic rings. The van der Waals surface area contributed by atoms with Crippen LogP contribution in [0.2, 0.25) is 0 Å². The van der Waals surface area contributed by atoms with Crippen molar-refractivity contribution in [1.82, 2.24) is 21.3 Å². The summed E-state index contributed by atoms with van der Waals surface area (Å²) in [6.45, 7) is 7.22. The van der Waals surface area contributed by atoms with E-state index in [1.165, 1.54) is 0 Å². The van der Waals surface area contributed by atoms with Crippen LogP contribution in [0.25, 0.3) is 0 Å². The van der Waals surface area contributed by atoms with Gasteiger partial charge in [-0.3, -0.25) is 24.9 Å². The fraction of sp³-hybridized carbons (Fsp3) is 0.529. The normalized spacial score (nSPS) is 12.5. The second-order valence-electron chi connectivity index (χ2n) is 12.2. The average Bonchev–Trinajstić information content (AvgIpc) is 3.03. The van der Waals surface area contributed by atoms with E-state index < -0.39 is 41.7 Å². The molecule has 48 heavy (non-hydrogen) atoms. The molecular weight excluding hydrogens is 624 g/mol. The third-order valence-electron chi connectivity index (χ3n) is 6.85. The Balaban J connectivity index is 2.18. The van der Waals surface area contributed by atoms with Crippen molar-refractivity contribution in [3.05, 3.63) is 65.7 Å². The van der Waals surface area contributed by atoms with E-state index in [9.17, 15) is 19.2 Å². The van der Waals surface area contributed by atoms with Crippen LogP contribution in [0.5, 0.6) is 5.75 Å². The number of hydrogen-bond acceptors (Lipinski definition) is 10.